The van der Waals surface area contributed by atoms with Crippen LogP contribution < -0.4 is 11.5 Å². The van der Waals surface area contributed by atoms with E-state index in [4.69, 9.17) is 16.2 Å². The third-order valence-electron chi connectivity index (χ3n) is 2.88. The molecule has 2 aromatic rings. The molecular formula is C15H16N2O2. The van der Waals surface area contributed by atoms with E-state index in [0.717, 1.165) is 11.1 Å². The lowest BCUT2D eigenvalue weighted by Crippen LogP contribution is -2.27. The Kier molecular flexibility index (Phi) is 4.15. The molecule has 1 amide bonds. The highest BCUT2D eigenvalue weighted by atomic mass is 16.6. The van der Waals surface area contributed by atoms with Crippen molar-refractivity contribution in [3.63, 3.8) is 0 Å². The van der Waals surface area contributed by atoms with Crippen molar-refractivity contribution in [1.82, 2.24) is 0 Å². The second-order valence-corrected chi connectivity index (χ2v) is 4.20. The van der Waals surface area contributed by atoms with Gasteiger partial charge >= 0.3 is 6.09 Å². The molecule has 0 spiro atoms. The first-order valence-corrected chi connectivity index (χ1v) is 6.00. The molecule has 2 unspecified atom stereocenters. The number of hydrogen-bond donors (Lipinski definition) is 2. The van der Waals surface area contributed by atoms with Crippen molar-refractivity contribution < 1.29 is 9.53 Å². The Morgan fingerprint density at radius 3 is 1.84 bits per heavy atom. The molecule has 0 aliphatic rings. The normalized spacial score (nSPS) is 13.5. The van der Waals surface area contributed by atoms with Gasteiger partial charge in [0.15, 0.2) is 0 Å². The molecule has 2 aromatic carbocycles. The van der Waals surface area contributed by atoms with Crippen LogP contribution in [-0.2, 0) is 4.74 Å². The molecule has 19 heavy (non-hydrogen) atoms. The van der Waals surface area contributed by atoms with E-state index in [0.29, 0.717) is 0 Å². The van der Waals surface area contributed by atoms with E-state index in [1.807, 2.05) is 60.7 Å². The van der Waals surface area contributed by atoms with Gasteiger partial charge in [-0.2, -0.15) is 0 Å². The van der Waals surface area contributed by atoms with Crippen molar-refractivity contribution in [3.8, 4) is 0 Å². The molecule has 0 aromatic heterocycles. The van der Waals surface area contributed by atoms with Crippen molar-refractivity contribution in [2.75, 3.05) is 0 Å². The number of hydrogen-bond acceptors (Lipinski definition) is 3. The minimum Gasteiger partial charge on any atom is -0.439 e. The number of rotatable bonds is 4. The van der Waals surface area contributed by atoms with Crippen molar-refractivity contribution in [1.29, 1.82) is 0 Å². The van der Waals surface area contributed by atoms with Crippen LogP contribution in [0, 0.1) is 0 Å². The summed E-state index contributed by atoms with van der Waals surface area (Å²) in [4.78, 5) is 11.1. The van der Waals surface area contributed by atoms with Crippen LogP contribution in [0.1, 0.15) is 23.3 Å². The number of carbonyl (C=O) groups is 1. The SMILES string of the molecule is NC(=O)OC(c1ccccc1)C(N)c1ccccc1. The smallest absolute Gasteiger partial charge is 0.405 e. The summed E-state index contributed by atoms with van der Waals surface area (Å²) in [6.07, 6.45) is -1.43. The summed E-state index contributed by atoms with van der Waals surface area (Å²) in [7, 11) is 0. The van der Waals surface area contributed by atoms with Crippen molar-refractivity contribution >= 4 is 6.09 Å². The van der Waals surface area contributed by atoms with Gasteiger partial charge in [0, 0.05) is 0 Å². The summed E-state index contributed by atoms with van der Waals surface area (Å²) < 4.78 is 5.17. The zero-order valence-corrected chi connectivity index (χ0v) is 10.4. The van der Waals surface area contributed by atoms with Crippen molar-refractivity contribution in [3.05, 3.63) is 71.8 Å². The zero-order valence-electron chi connectivity index (χ0n) is 10.4. The van der Waals surface area contributed by atoms with Gasteiger partial charge < -0.3 is 16.2 Å². The molecule has 4 nitrogen and oxygen atoms in total. The second-order valence-electron chi connectivity index (χ2n) is 4.20. The number of carbonyl (C=O) groups excluding carboxylic acids is 1. The Bertz CT molecular complexity index is 528. The largest absolute Gasteiger partial charge is 0.439 e. The van der Waals surface area contributed by atoms with Gasteiger partial charge in [-0.3, -0.25) is 0 Å². The predicted octanol–water partition coefficient (Wildman–Crippen LogP) is 2.52. The average molecular weight is 256 g/mol. The summed E-state index contributed by atoms with van der Waals surface area (Å²) in [6, 6.07) is 18.3. The van der Waals surface area contributed by atoms with Gasteiger partial charge in [0.2, 0.25) is 0 Å². The van der Waals surface area contributed by atoms with Crippen LogP contribution in [0.3, 0.4) is 0 Å². The molecule has 0 aliphatic carbocycles. The number of ether oxygens (including phenoxy) is 1. The molecule has 0 saturated heterocycles. The standard InChI is InChI=1S/C15H16N2O2/c16-13(11-7-3-1-4-8-11)14(19-15(17)18)12-9-5-2-6-10-12/h1-10,13-14H,16H2,(H2,17,18). The molecule has 0 radical (unpaired) electrons. The number of primary amides is 1. The van der Waals surface area contributed by atoms with Crippen LogP contribution in [0.15, 0.2) is 60.7 Å². The third kappa shape index (κ3) is 3.33. The van der Waals surface area contributed by atoms with E-state index >= 15 is 0 Å². The first-order chi connectivity index (χ1) is 9.18. The van der Waals surface area contributed by atoms with Gasteiger partial charge in [0.1, 0.15) is 6.10 Å². The van der Waals surface area contributed by atoms with Gasteiger partial charge in [-0.05, 0) is 11.1 Å². The maximum Gasteiger partial charge on any atom is 0.405 e. The molecule has 0 bridgehead atoms. The summed E-state index contributed by atoms with van der Waals surface area (Å²) >= 11 is 0. The first kappa shape index (κ1) is 13.1. The number of amides is 1. The van der Waals surface area contributed by atoms with Crippen LogP contribution in [-0.4, -0.2) is 6.09 Å². The number of nitrogens with two attached hydrogens (primary N) is 2. The molecule has 0 heterocycles. The summed E-state index contributed by atoms with van der Waals surface area (Å²) in [5, 5.41) is 0. The van der Waals surface area contributed by atoms with E-state index < -0.39 is 18.2 Å². The fraction of sp³-hybridized carbons (Fsp3) is 0.133. The fourth-order valence-electron chi connectivity index (χ4n) is 1.97. The Morgan fingerprint density at radius 2 is 1.37 bits per heavy atom. The quantitative estimate of drug-likeness (QED) is 0.882. The minimum absolute atomic E-state index is 0.462. The van der Waals surface area contributed by atoms with Crippen LogP contribution in [0.2, 0.25) is 0 Å². The average Bonchev–Trinajstić information content (AvgIpc) is 2.46. The van der Waals surface area contributed by atoms with Gasteiger partial charge in [-0.15, -0.1) is 0 Å². The Morgan fingerprint density at radius 1 is 0.895 bits per heavy atom. The molecular weight excluding hydrogens is 240 g/mol. The predicted molar refractivity (Wildman–Crippen MR) is 73.2 cm³/mol. The molecule has 0 fully saturated rings. The van der Waals surface area contributed by atoms with Gasteiger partial charge in [-0.1, -0.05) is 60.7 Å². The summed E-state index contributed by atoms with van der Waals surface area (Å²) in [5.74, 6) is 0. The topological polar surface area (TPSA) is 78.3 Å². The zero-order chi connectivity index (χ0) is 13.7. The summed E-state index contributed by atoms with van der Waals surface area (Å²) in [5.41, 5.74) is 13.0. The van der Waals surface area contributed by atoms with E-state index in [1.54, 1.807) is 0 Å². The highest BCUT2D eigenvalue weighted by Crippen LogP contribution is 2.29. The number of benzene rings is 2. The Balaban J connectivity index is 2.30. The monoisotopic (exact) mass is 256 g/mol. The van der Waals surface area contributed by atoms with Crippen LogP contribution in [0.5, 0.6) is 0 Å². The van der Waals surface area contributed by atoms with E-state index in [9.17, 15) is 4.79 Å². The van der Waals surface area contributed by atoms with Crippen molar-refractivity contribution in [2.24, 2.45) is 11.5 Å². The fourth-order valence-corrected chi connectivity index (χ4v) is 1.97. The molecule has 4 heteroatoms. The van der Waals surface area contributed by atoms with Crippen LogP contribution >= 0.6 is 0 Å². The lowest BCUT2D eigenvalue weighted by atomic mass is 9.96. The molecule has 0 aliphatic heterocycles. The van der Waals surface area contributed by atoms with Gasteiger partial charge in [-0.25, -0.2) is 4.79 Å². The maximum absolute atomic E-state index is 11.1. The van der Waals surface area contributed by atoms with Crippen LogP contribution in [0.4, 0.5) is 4.79 Å². The Labute approximate surface area is 112 Å². The van der Waals surface area contributed by atoms with E-state index in [1.165, 1.54) is 0 Å². The molecule has 2 rings (SSSR count). The summed E-state index contributed by atoms with van der Waals surface area (Å²) in [6.45, 7) is 0. The second kappa shape index (κ2) is 6.02. The van der Waals surface area contributed by atoms with E-state index in [2.05, 4.69) is 0 Å². The van der Waals surface area contributed by atoms with Crippen molar-refractivity contribution in [2.45, 2.75) is 12.1 Å². The highest BCUT2D eigenvalue weighted by molar-refractivity contribution is 5.65. The van der Waals surface area contributed by atoms with Gasteiger partial charge in [0.05, 0.1) is 6.04 Å². The molecule has 98 valence electrons. The lowest BCUT2D eigenvalue weighted by Gasteiger charge is -2.24. The minimum atomic E-state index is -0.833. The molecule has 4 N–H and O–H groups in total. The van der Waals surface area contributed by atoms with E-state index in [-0.39, 0.29) is 0 Å². The highest BCUT2D eigenvalue weighted by Gasteiger charge is 2.24. The molecule has 0 saturated carbocycles. The molecule has 2 atom stereocenters. The first-order valence-electron chi connectivity index (χ1n) is 6.00. The van der Waals surface area contributed by atoms with Crippen LogP contribution in [0.25, 0.3) is 0 Å². The van der Waals surface area contributed by atoms with Gasteiger partial charge in [0.25, 0.3) is 0 Å². The Hall–Kier alpha value is -2.33. The maximum atomic E-state index is 11.1. The third-order valence-corrected chi connectivity index (χ3v) is 2.88. The lowest BCUT2D eigenvalue weighted by molar-refractivity contribution is 0.0901.